The highest BCUT2D eigenvalue weighted by molar-refractivity contribution is 8.18. The Hall–Kier alpha value is -3.06. The van der Waals surface area contributed by atoms with E-state index in [1.54, 1.807) is 38.1 Å². The average molecular weight is 425 g/mol. The van der Waals surface area contributed by atoms with E-state index in [0.29, 0.717) is 17.1 Å². The lowest BCUT2D eigenvalue weighted by molar-refractivity contribution is -0.123. The summed E-state index contributed by atoms with van der Waals surface area (Å²) in [6, 6.07) is 8.81. The van der Waals surface area contributed by atoms with E-state index in [4.69, 9.17) is 4.74 Å². The molecule has 0 spiro atoms. The number of ether oxygens (including phenoxy) is 1. The van der Waals surface area contributed by atoms with Crippen LogP contribution in [0, 0.1) is 13.8 Å². The van der Waals surface area contributed by atoms with Crippen molar-refractivity contribution in [3.63, 3.8) is 0 Å². The van der Waals surface area contributed by atoms with Crippen LogP contribution >= 0.6 is 11.8 Å². The van der Waals surface area contributed by atoms with Gasteiger partial charge < -0.3 is 9.30 Å². The van der Waals surface area contributed by atoms with Crippen LogP contribution in [0.3, 0.4) is 0 Å². The van der Waals surface area contributed by atoms with Crippen LogP contribution in [0.25, 0.3) is 11.8 Å². The Labute approximate surface area is 180 Å². The number of amides is 2. The van der Waals surface area contributed by atoms with Crippen LogP contribution in [0.5, 0.6) is 0 Å². The molecule has 1 aromatic carbocycles. The molecule has 0 bridgehead atoms. The van der Waals surface area contributed by atoms with Crippen molar-refractivity contribution in [1.82, 2.24) is 9.47 Å². The molecule has 3 rings (SSSR count). The fourth-order valence-corrected chi connectivity index (χ4v) is 4.30. The second kappa shape index (κ2) is 8.75. The van der Waals surface area contributed by atoms with Crippen molar-refractivity contribution in [3.8, 4) is 5.69 Å². The van der Waals surface area contributed by atoms with E-state index >= 15 is 0 Å². The Morgan fingerprint density at radius 1 is 1.27 bits per heavy atom. The quantitative estimate of drug-likeness (QED) is 0.375. The molecule has 2 heterocycles. The summed E-state index contributed by atoms with van der Waals surface area (Å²) in [6.45, 7) is 11.4. The van der Waals surface area contributed by atoms with Crippen LogP contribution < -0.4 is 0 Å². The molecule has 2 amide bonds. The van der Waals surface area contributed by atoms with Gasteiger partial charge in [0.1, 0.15) is 0 Å². The minimum absolute atomic E-state index is 0.297. The van der Waals surface area contributed by atoms with Crippen LogP contribution in [-0.2, 0) is 9.53 Å². The maximum absolute atomic E-state index is 12.7. The van der Waals surface area contributed by atoms with Gasteiger partial charge in [0.25, 0.3) is 11.1 Å². The summed E-state index contributed by atoms with van der Waals surface area (Å²) in [5.74, 6) is -0.682. The minimum Gasteiger partial charge on any atom is -0.462 e. The lowest BCUT2D eigenvalue weighted by Gasteiger charge is -2.17. The Balaban J connectivity index is 1.98. The van der Waals surface area contributed by atoms with Gasteiger partial charge in [0.2, 0.25) is 0 Å². The Morgan fingerprint density at radius 2 is 2.00 bits per heavy atom. The summed E-state index contributed by atoms with van der Waals surface area (Å²) in [5.41, 5.74) is 3.98. The number of rotatable bonds is 6. The highest BCUT2D eigenvalue weighted by atomic mass is 32.2. The number of aromatic nitrogens is 1. The summed E-state index contributed by atoms with van der Waals surface area (Å²) < 4.78 is 7.10. The molecule has 30 heavy (non-hydrogen) atoms. The van der Waals surface area contributed by atoms with Gasteiger partial charge in [0, 0.05) is 17.1 Å². The molecule has 1 saturated heterocycles. The molecule has 0 N–H and O–H groups in total. The van der Waals surface area contributed by atoms with Gasteiger partial charge >= 0.3 is 5.97 Å². The molecule has 1 aliphatic heterocycles. The highest BCUT2D eigenvalue weighted by Gasteiger charge is 2.37. The summed E-state index contributed by atoms with van der Waals surface area (Å²) in [7, 11) is 0. The average Bonchev–Trinajstić information content (AvgIpc) is 3.16. The second-order valence-electron chi connectivity index (χ2n) is 6.96. The molecular weight excluding hydrogens is 400 g/mol. The van der Waals surface area contributed by atoms with Gasteiger partial charge in [-0.25, -0.2) is 4.79 Å². The van der Waals surface area contributed by atoms with Crippen molar-refractivity contribution >= 4 is 35.0 Å². The highest BCUT2D eigenvalue weighted by Crippen LogP contribution is 2.35. The molecule has 0 saturated carbocycles. The number of carbonyl (C=O) groups is 3. The van der Waals surface area contributed by atoms with Gasteiger partial charge in [0.15, 0.2) is 0 Å². The fourth-order valence-electron chi connectivity index (χ4n) is 3.40. The molecule has 1 aliphatic rings. The van der Waals surface area contributed by atoms with Crippen LogP contribution in [0.15, 0.2) is 47.9 Å². The molecule has 1 aromatic heterocycles. The monoisotopic (exact) mass is 424 g/mol. The van der Waals surface area contributed by atoms with Crippen molar-refractivity contribution in [3.05, 3.63) is 70.4 Å². The molecule has 2 aromatic rings. The summed E-state index contributed by atoms with van der Waals surface area (Å²) in [6.07, 6.45) is 3.32. The number of carbonyl (C=O) groups excluding carboxylic acids is 3. The SMILES string of the molecule is C=C[C@H](C)N1C(=O)S/C(=C\c2cc(C)n(-c3cccc(C(=O)OCC)c3)c2C)C1=O. The van der Waals surface area contributed by atoms with E-state index in [2.05, 4.69) is 6.58 Å². The molecular formula is C23H24N2O4S. The number of aryl methyl sites for hydroxylation is 1. The summed E-state index contributed by atoms with van der Waals surface area (Å²) >= 11 is 0.932. The van der Waals surface area contributed by atoms with Crippen molar-refractivity contribution in [2.75, 3.05) is 6.61 Å². The zero-order valence-electron chi connectivity index (χ0n) is 17.5. The number of esters is 1. The molecule has 6 nitrogen and oxygen atoms in total. The largest absolute Gasteiger partial charge is 0.462 e. The number of thioether (sulfide) groups is 1. The van der Waals surface area contributed by atoms with E-state index in [9.17, 15) is 14.4 Å². The first kappa shape index (κ1) is 21.6. The lowest BCUT2D eigenvalue weighted by atomic mass is 10.2. The normalized spacial score (nSPS) is 16.3. The molecule has 1 atom stereocenters. The van der Waals surface area contributed by atoms with E-state index in [1.165, 1.54) is 4.90 Å². The number of hydrogen-bond donors (Lipinski definition) is 0. The molecule has 156 valence electrons. The smallest absolute Gasteiger partial charge is 0.338 e. The van der Waals surface area contributed by atoms with Crippen LogP contribution in [0.2, 0.25) is 0 Å². The fraction of sp³-hybridized carbons (Fsp3) is 0.261. The zero-order valence-corrected chi connectivity index (χ0v) is 18.3. The van der Waals surface area contributed by atoms with E-state index in [1.807, 2.05) is 36.6 Å². The lowest BCUT2D eigenvalue weighted by Crippen LogP contribution is -2.35. The van der Waals surface area contributed by atoms with Crippen LogP contribution in [0.1, 0.15) is 41.2 Å². The van der Waals surface area contributed by atoms with Crippen LogP contribution in [-0.4, -0.2) is 39.2 Å². The predicted molar refractivity (Wildman–Crippen MR) is 119 cm³/mol. The third-order valence-electron chi connectivity index (χ3n) is 4.94. The molecule has 7 heteroatoms. The first-order valence-corrected chi connectivity index (χ1v) is 10.5. The number of benzene rings is 1. The number of hydrogen-bond acceptors (Lipinski definition) is 5. The van der Waals surface area contributed by atoms with E-state index in [0.717, 1.165) is 34.4 Å². The first-order valence-electron chi connectivity index (χ1n) is 9.64. The zero-order chi connectivity index (χ0) is 22.0. The van der Waals surface area contributed by atoms with Gasteiger partial charge in [-0.1, -0.05) is 12.1 Å². The standard InChI is InChI=1S/C23H24N2O4S/c1-6-14(3)25-21(26)20(30-23(25)28)13-18-11-15(4)24(16(18)5)19-10-8-9-17(12-19)22(27)29-7-2/h6,8-14H,1,7H2,2-5H3/b20-13-/t14-/m0/s1. The molecule has 1 fully saturated rings. The van der Waals surface area contributed by atoms with Gasteiger partial charge in [-0.2, -0.15) is 0 Å². The van der Waals surface area contributed by atoms with Gasteiger partial charge in [-0.15, -0.1) is 6.58 Å². The van der Waals surface area contributed by atoms with Crippen molar-refractivity contribution in [1.29, 1.82) is 0 Å². The Morgan fingerprint density at radius 3 is 2.67 bits per heavy atom. The summed E-state index contributed by atoms with van der Waals surface area (Å²) in [5, 5.41) is -0.297. The third-order valence-corrected chi connectivity index (χ3v) is 5.83. The van der Waals surface area contributed by atoms with Crippen LogP contribution in [0.4, 0.5) is 4.79 Å². The topological polar surface area (TPSA) is 68.6 Å². The molecule has 0 unspecified atom stereocenters. The molecule has 0 radical (unpaired) electrons. The number of nitrogens with zero attached hydrogens (tertiary/aromatic N) is 2. The first-order chi connectivity index (χ1) is 14.3. The third kappa shape index (κ3) is 3.98. The van der Waals surface area contributed by atoms with Crippen molar-refractivity contribution in [2.45, 2.75) is 33.7 Å². The van der Waals surface area contributed by atoms with Gasteiger partial charge in [-0.05, 0) is 75.4 Å². The maximum atomic E-state index is 12.7. The number of imide groups is 1. The second-order valence-corrected chi connectivity index (χ2v) is 7.95. The van der Waals surface area contributed by atoms with Crippen molar-refractivity contribution in [2.24, 2.45) is 0 Å². The Kier molecular flexibility index (Phi) is 6.31. The van der Waals surface area contributed by atoms with Gasteiger partial charge in [0.05, 0.1) is 23.1 Å². The predicted octanol–water partition coefficient (Wildman–Crippen LogP) is 4.88. The minimum atomic E-state index is -0.368. The van der Waals surface area contributed by atoms with Gasteiger partial charge in [-0.3, -0.25) is 14.5 Å². The van der Waals surface area contributed by atoms with E-state index in [-0.39, 0.29) is 23.2 Å². The Bertz CT molecular complexity index is 1070. The van der Waals surface area contributed by atoms with E-state index < -0.39 is 0 Å². The summed E-state index contributed by atoms with van der Waals surface area (Å²) in [4.78, 5) is 38.6. The maximum Gasteiger partial charge on any atom is 0.338 e. The van der Waals surface area contributed by atoms with Crippen molar-refractivity contribution < 1.29 is 19.1 Å². The molecule has 0 aliphatic carbocycles.